The van der Waals surface area contributed by atoms with Crippen molar-refractivity contribution in [3.05, 3.63) is 75.3 Å². The molecule has 0 saturated carbocycles. The van der Waals surface area contributed by atoms with E-state index in [4.69, 9.17) is 0 Å². The fraction of sp³-hybridized carbons (Fsp3) is 0.167. The van der Waals surface area contributed by atoms with Gasteiger partial charge in [0.15, 0.2) is 6.29 Å². The zero-order chi connectivity index (χ0) is 17.7. The van der Waals surface area contributed by atoms with Gasteiger partial charge in [0.05, 0.1) is 12.2 Å². The van der Waals surface area contributed by atoms with Crippen LogP contribution in [0.5, 0.6) is 0 Å². The summed E-state index contributed by atoms with van der Waals surface area (Å²) in [4.78, 5) is 10.8. The predicted octanol–water partition coefficient (Wildman–Crippen LogP) is 6.05. The molecule has 0 spiro atoms. The van der Waals surface area contributed by atoms with E-state index in [2.05, 4.69) is 15.9 Å². The number of benzene rings is 2. The summed E-state index contributed by atoms with van der Waals surface area (Å²) in [5.41, 5.74) is 0.641. The van der Waals surface area contributed by atoms with Crippen molar-refractivity contribution in [1.82, 2.24) is 0 Å². The maximum atomic E-state index is 13.3. The summed E-state index contributed by atoms with van der Waals surface area (Å²) in [6.45, 7) is -0.814. The predicted molar refractivity (Wildman–Crippen MR) is 88.7 cm³/mol. The van der Waals surface area contributed by atoms with E-state index in [-0.39, 0.29) is 5.56 Å². The van der Waals surface area contributed by atoms with Crippen molar-refractivity contribution in [2.24, 2.45) is 0 Å². The number of aldehydes is 1. The summed E-state index contributed by atoms with van der Waals surface area (Å²) < 4.78 is 52.1. The van der Waals surface area contributed by atoms with Crippen LogP contribution in [0.25, 0.3) is 6.08 Å². The molecule has 24 heavy (non-hydrogen) atoms. The molecule has 0 aromatic heterocycles. The first kappa shape index (κ1) is 18.4. The Kier molecular flexibility index (Phi) is 5.94. The Hall–Kier alpha value is -1.95. The van der Waals surface area contributed by atoms with Gasteiger partial charge in [0.1, 0.15) is 0 Å². The summed E-state index contributed by atoms with van der Waals surface area (Å²) in [6, 6.07) is 9.61. The first-order chi connectivity index (χ1) is 11.3. The van der Waals surface area contributed by atoms with Crippen molar-refractivity contribution in [1.29, 1.82) is 0 Å². The number of hydrogen-bond acceptors (Lipinski definition) is 1. The van der Waals surface area contributed by atoms with Crippen LogP contribution in [0.1, 0.15) is 33.0 Å². The van der Waals surface area contributed by atoms with Crippen LogP contribution in [0.2, 0.25) is 0 Å². The second-order valence-electron chi connectivity index (χ2n) is 5.14. The third-order valence-corrected chi connectivity index (χ3v) is 4.17. The lowest BCUT2D eigenvalue weighted by Crippen LogP contribution is -2.07. The van der Waals surface area contributed by atoms with Crippen molar-refractivity contribution in [2.75, 3.05) is 6.67 Å². The molecule has 2 aromatic carbocycles. The molecule has 0 amide bonds. The number of rotatable bonds is 5. The molecule has 0 aliphatic carbocycles. The average molecular weight is 401 g/mol. The topological polar surface area (TPSA) is 17.1 Å². The first-order valence-electron chi connectivity index (χ1n) is 7.01. The van der Waals surface area contributed by atoms with E-state index in [1.165, 1.54) is 18.2 Å². The standard InChI is InChI=1S/C18H13BrF4O/c19-17-8-12(5-7-15(17)11-24)4-6-14(10-20)13-2-1-3-16(9-13)18(21,22)23/h1-9,11,14H,10H2/b6-4+. The highest BCUT2D eigenvalue weighted by atomic mass is 79.9. The van der Waals surface area contributed by atoms with Crippen LogP contribution < -0.4 is 0 Å². The fourth-order valence-corrected chi connectivity index (χ4v) is 2.66. The van der Waals surface area contributed by atoms with Gasteiger partial charge in [-0.1, -0.05) is 52.3 Å². The minimum atomic E-state index is -4.46. The van der Waals surface area contributed by atoms with E-state index in [0.717, 1.165) is 12.1 Å². The number of halogens is 5. The lowest BCUT2D eigenvalue weighted by Gasteiger charge is -2.12. The van der Waals surface area contributed by atoms with Gasteiger partial charge in [-0.25, -0.2) is 0 Å². The Balaban J connectivity index is 2.26. The van der Waals surface area contributed by atoms with Gasteiger partial charge in [-0.05, 0) is 29.3 Å². The molecule has 0 radical (unpaired) electrons. The van der Waals surface area contributed by atoms with Gasteiger partial charge in [-0.2, -0.15) is 13.2 Å². The molecule has 0 saturated heterocycles. The Morgan fingerprint density at radius 3 is 2.46 bits per heavy atom. The lowest BCUT2D eigenvalue weighted by molar-refractivity contribution is -0.137. The fourth-order valence-electron chi connectivity index (χ4n) is 2.17. The minimum Gasteiger partial charge on any atom is -0.298 e. The molecule has 0 heterocycles. The van der Waals surface area contributed by atoms with Crippen molar-refractivity contribution in [2.45, 2.75) is 12.1 Å². The maximum absolute atomic E-state index is 13.3. The highest BCUT2D eigenvalue weighted by Gasteiger charge is 2.30. The molecule has 2 aromatic rings. The van der Waals surface area contributed by atoms with Crippen molar-refractivity contribution >= 4 is 28.3 Å². The number of alkyl halides is 4. The van der Waals surface area contributed by atoms with Crippen LogP contribution >= 0.6 is 15.9 Å². The molecule has 6 heteroatoms. The molecule has 1 atom stereocenters. The summed E-state index contributed by atoms with van der Waals surface area (Å²) in [7, 11) is 0. The Morgan fingerprint density at radius 1 is 1.12 bits per heavy atom. The Morgan fingerprint density at radius 2 is 1.88 bits per heavy atom. The van der Waals surface area contributed by atoms with Crippen LogP contribution in [-0.2, 0) is 6.18 Å². The highest BCUT2D eigenvalue weighted by molar-refractivity contribution is 9.10. The smallest absolute Gasteiger partial charge is 0.298 e. The third-order valence-electron chi connectivity index (χ3n) is 3.48. The second-order valence-corrected chi connectivity index (χ2v) is 6.00. The molecule has 0 N–H and O–H groups in total. The normalized spacial score (nSPS) is 13.2. The molecule has 0 aliphatic rings. The molecule has 1 unspecified atom stereocenters. The van der Waals surface area contributed by atoms with Gasteiger partial charge in [-0.3, -0.25) is 9.18 Å². The summed E-state index contributed by atoms with van der Waals surface area (Å²) >= 11 is 3.24. The van der Waals surface area contributed by atoms with Gasteiger partial charge in [-0.15, -0.1) is 0 Å². The van der Waals surface area contributed by atoms with Crippen LogP contribution in [0.15, 0.2) is 53.0 Å². The zero-order valence-electron chi connectivity index (χ0n) is 12.4. The minimum absolute atomic E-state index is 0.257. The average Bonchev–Trinajstić information content (AvgIpc) is 2.55. The number of allylic oxidation sites excluding steroid dienone is 1. The molecule has 0 bridgehead atoms. The quantitative estimate of drug-likeness (QED) is 0.441. The monoisotopic (exact) mass is 400 g/mol. The molecule has 0 fully saturated rings. The molecular formula is C18H13BrF4O. The van der Waals surface area contributed by atoms with Crippen molar-refractivity contribution in [3.8, 4) is 0 Å². The Bertz CT molecular complexity index is 753. The van der Waals surface area contributed by atoms with E-state index in [0.29, 0.717) is 21.9 Å². The zero-order valence-corrected chi connectivity index (χ0v) is 13.9. The summed E-state index contributed by atoms with van der Waals surface area (Å²) in [5.74, 6) is -0.781. The Labute approximate surface area is 145 Å². The van der Waals surface area contributed by atoms with E-state index >= 15 is 0 Å². The lowest BCUT2D eigenvalue weighted by atomic mass is 9.97. The maximum Gasteiger partial charge on any atom is 0.416 e. The summed E-state index contributed by atoms with van der Waals surface area (Å²) in [5, 5.41) is 0. The van der Waals surface area contributed by atoms with E-state index in [1.54, 1.807) is 24.3 Å². The van der Waals surface area contributed by atoms with E-state index < -0.39 is 24.3 Å². The van der Waals surface area contributed by atoms with Gasteiger partial charge in [0, 0.05) is 16.0 Å². The van der Waals surface area contributed by atoms with Crippen LogP contribution in [0, 0.1) is 0 Å². The summed E-state index contributed by atoms with van der Waals surface area (Å²) in [6.07, 6.45) is -0.637. The van der Waals surface area contributed by atoms with Crippen LogP contribution in [0.4, 0.5) is 17.6 Å². The van der Waals surface area contributed by atoms with E-state index in [9.17, 15) is 22.4 Å². The molecular weight excluding hydrogens is 388 g/mol. The molecule has 1 nitrogen and oxygen atoms in total. The number of hydrogen-bond donors (Lipinski definition) is 0. The van der Waals surface area contributed by atoms with Gasteiger partial charge in [0.25, 0.3) is 0 Å². The van der Waals surface area contributed by atoms with Crippen LogP contribution in [-0.4, -0.2) is 13.0 Å². The van der Waals surface area contributed by atoms with Crippen LogP contribution in [0.3, 0.4) is 0 Å². The van der Waals surface area contributed by atoms with Gasteiger partial charge in [0.2, 0.25) is 0 Å². The third kappa shape index (κ3) is 4.54. The molecule has 126 valence electrons. The van der Waals surface area contributed by atoms with E-state index in [1.807, 2.05) is 0 Å². The largest absolute Gasteiger partial charge is 0.416 e. The van der Waals surface area contributed by atoms with Gasteiger partial charge < -0.3 is 0 Å². The number of carbonyl (C=O) groups is 1. The van der Waals surface area contributed by atoms with Gasteiger partial charge >= 0.3 is 6.18 Å². The first-order valence-corrected chi connectivity index (χ1v) is 7.80. The molecule has 0 aliphatic heterocycles. The second kappa shape index (κ2) is 7.75. The van der Waals surface area contributed by atoms with Crippen molar-refractivity contribution < 1.29 is 22.4 Å². The van der Waals surface area contributed by atoms with Crippen molar-refractivity contribution in [3.63, 3.8) is 0 Å². The SMILES string of the molecule is O=Cc1ccc(/C=C/C(CF)c2cccc(C(F)(F)F)c2)cc1Br. The molecule has 2 rings (SSSR count). The highest BCUT2D eigenvalue weighted by Crippen LogP contribution is 2.31. The number of carbonyl (C=O) groups excluding carboxylic acids is 1.